The Kier molecular flexibility index (Phi) is 3.09. The molecular weight excluding hydrogens is 139 g/mol. The number of halogens is 1. The summed E-state index contributed by atoms with van der Waals surface area (Å²) >= 11 is 0. The first-order chi connectivity index (χ1) is 5.33. The second kappa shape index (κ2) is 4.12. The van der Waals surface area contributed by atoms with Crippen molar-refractivity contribution in [3.63, 3.8) is 0 Å². The molecular formula is C10H12F. The van der Waals surface area contributed by atoms with E-state index >= 15 is 0 Å². The lowest BCUT2D eigenvalue weighted by Crippen LogP contribution is -1.84. The van der Waals surface area contributed by atoms with Gasteiger partial charge in [-0.15, -0.1) is 0 Å². The molecule has 0 unspecified atom stereocenters. The van der Waals surface area contributed by atoms with E-state index in [1.807, 2.05) is 6.07 Å². The van der Waals surface area contributed by atoms with Gasteiger partial charge < -0.3 is 0 Å². The van der Waals surface area contributed by atoms with Gasteiger partial charge in [0.25, 0.3) is 0 Å². The van der Waals surface area contributed by atoms with Crippen molar-refractivity contribution in [1.29, 1.82) is 0 Å². The zero-order chi connectivity index (χ0) is 8.10. The van der Waals surface area contributed by atoms with E-state index in [1.165, 1.54) is 24.5 Å². The van der Waals surface area contributed by atoms with Crippen LogP contribution in [-0.4, -0.2) is 0 Å². The highest BCUT2D eigenvalue weighted by Crippen LogP contribution is 2.05. The molecule has 0 saturated heterocycles. The monoisotopic (exact) mass is 151 g/mol. The van der Waals surface area contributed by atoms with Gasteiger partial charge >= 0.3 is 0 Å². The summed E-state index contributed by atoms with van der Waals surface area (Å²) in [6.07, 6.45) is 3.38. The largest absolute Gasteiger partial charge is 0.206 e. The van der Waals surface area contributed by atoms with E-state index in [9.17, 15) is 4.39 Å². The molecule has 1 aromatic carbocycles. The van der Waals surface area contributed by atoms with Crippen molar-refractivity contribution >= 4 is 0 Å². The Labute approximate surface area is 67.1 Å². The smallest absolute Gasteiger partial charge is 0.131 e. The van der Waals surface area contributed by atoms with Gasteiger partial charge in [-0.3, -0.25) is 0 Å². The highest BCUT2D eigenvalue weighted by molar-refractivity contribution is 5.14. The van der Waals surface area contributed by atoms with Crippen LogP contribution >= 0.6 is 0 Å². The van der Waals surface area contributed by atoms with Crippen LogP contribution in [0, 0.1) is 11.9 Å². The molecule has 0 aliphatic carbocycles. The minimum atomic E-state index is -0.273. The predicted molar refractivity (Wildman–Crippen MR) is 43.8 cm³/mol. The van der Waals surface area contributed by atoms with E-state index in [-0.39, 0.29) is 5.82 Å². The summed E-state index contributed by atoms with van der Waals surface area (Å²) in [5, 5.41) is 0. The quantitative estimate of drug-likeness (QED) is 0.623. The van der Waals surface area contributed by atoms with Gasteiger partial charge in [-0.25, -0.2) is 4.39 Å². The molecule has 0 N–H and O–H groups in total. The van der Waals surface area contributed by atoms with Crippen LogP contribution in [0.5, 0.6) is 0 Å². The van der Waals surface area contributed by atoms with Crippen molar-refractivity contribution < 1.29 is 4.39 Å². The summed E-state index contributed by atoms with van der Waals surface area (Å²) in [6, 6.07) is 7.55. The third-order valence-electron chi connectivity index (χ3n) is 1.66. The lowest BCUT2D eigenvalue weighted by atomic mass is 10.1. The van der Waals surface area contributed by atoms with Gasteiger partial charge in [-0.1, -0.05) is 19.4 Å². The minimum Gasteiger partial charge on any atom is -0.206 e. The molecule has 0 aliphatic rings. The SMILES string of the molecule is CCCCc1c[c]c(F)cc1. The lowest BCUT2D eigenvalue weighted by molar-refractivity contribution is 0.624. The van der Waals surface area contributed by atoms with Gasteiger partial charge in [0.15, 0.2) is 0 Å². The van der Waals surface area contributed by atoms with Crippen LogP contribution in [0.15, 0.2) is 18.2 Å². The Morgan fingerprint density at radius 3 is 2.82 bits per heavy atom. The molecule has 0 saturated carbocycles. The Morgan fingerprint density at radius 2 is 2.27 bits per heavy atom. The van der Waals surface area contributed by atoms with Gasteiger partial charge in [0.1, 0.15) is 5.82 Å². The molecule has 1 rings (SSSR count). The number of benzene rings is 1. The number of rotatable bonds is 3. The Hall–Kier alpha value is -0.850. The molecule has 0 fully saturated rings. The Morgan fingerprint density at radius 1 is 1.45 bits per heavy atom. The summed E-state index contributed by atoms with van der Waals surface area (Å²) in [5.74, 6) is -0.273. The summed E-state index contributed by atoms with van der Waals surface area (Å²) in [5.41, 5.74) is 1.17. The molecule has 0 bridgehead atoms. The Balaban J connectivity index is 2.52. The zero-order valence-corrected chi connectivity index (χ0v) is 6.73. The van der Waals surface area contributed by atoms with Crippen LogP contribution < -0.4 is 0 Å². The predicted octanol–water partition coefficient (Wildman–Crippen LogP) is 2.97. The maximum Gasteiger partial charge on any atom is 0.131 e. The number of aryl methyl sites for hydroxylation is 1. The lowest BCUT2D eigenvalue weighted by Gasteiger charge is -1.97. The van der Waals surface area contributed by atoms with Crippen LogP contribution in [0.25, 0.3) is 0 Å². The summed E-state index contributed by atoms with van der Waals surface area (Å²) in [7, 11) is 0. The van der Waals surface area contributed by atoms with Crippen molar-refractivity contribution in [2.45, 2.75) is 26.2 Å². The van der Waals surface area contributed by atoms with Crippen LogP contribution in [-0.2, 0) is 6.42 Å². The van der Waals surface area contributed by atoms with Gasteiger partial charge in [0.2, 0.25) is 0 Å². The topological polar surface area (TPSA) is 0 Å². The Bertz CT molecular complexity index is 201. The first-order valence-corrected chi connectivity index (χ1v) is 3.99. The number of hydrogen-bond acceptors (Lipinski definition) is 0. The highest BCUT2D eigenvalue weighted by Gasteiger charge is 1.92. The van der Waals surface area contributed by atoms with Gasteiger partial charge in [-0.2, -0.15) is 0 Å². The van der Waals surface area contributed by atoms with Crippen LogP contribution in [0.3, 0.4) is 0 Å². The van der Waals surface area contributed by atoms with Crippen molar-refractivity contribution in [2.75, 3.05) is 0 Å². The molecule has 11 heavy (non-hydrogen) atoms. The third kappa shape index (κ3) is 2.71. The van der Waals surface area contributed by atoms with Crippen LogP contribution in [0.2, 0.25) is 0 Å². The first-order valence-electron chi connectivity index (χ1n) is 3.99. The zero-order valence-electron chi connectivity index (χ0n) is 6.73. The fraction of sp³-hybridized carbons (Fsp3) is 0.400. The molecule has 0 amide bonds. The fourth-order valence-corrected chi connectivity index (χ4v) is 0.974. The van der Waals surface area contributed by atoms with E-state index in [0.29, 0.717) is 0 Å². The van der Waals surface area contributed by atoms with Gasteiger partial charge in [0, 0.05) is 6.07 Å². The van der Waals surface area contributed by atoms with Crippen LogP contribution in [0.1, 0.15) is 25.3 Å². The van der Waals surface area contributed by atoms with Crippen LogP contribution in [0.4, 0.5) is 4.39 Å². The minimum absolute atomic E-state index is 0.273. The van der Waals surface area contributed by atoms with Gasteiger partial charge in [0.05, 0.1) is 0 Å². The first kappa shape index (κ1) is 8.25. The molecule has 59 valence electrons. The van der Waals surface area contributed by atoms with Crippen molar-refractivity contribution in [2.24, 2.45) is 0 Å². The number of unbranched alkanes of at least 4 members (excludes halogenated alkanes) is 1. The molecule has 0 heterocycles. The molecule has 1 heteroatoms. The van der Waals surface area contributed by atoms with E-state index in [2.05, 4.69) is 13.0 Å². The molecule has 0 nitrogen and oxygen atoms in total. The van der Waals surface area contributed by atoms with E-state index in [0.717, 1.165) is 6.42 Å². The van der Waals surface area contributed by atoms with E-state index in [4.69, 9.17) is 0 Å². The summed E-state index contributed by atoms with van der Waals surface area (Å²) in [6.45, 7) is 2.15. The summed E-state index contributed by atoms with van der Waals surface area (Å²) < 4.78 is 12.4. The normalized spacial score (nSPS) is 10.0. The average Bonchev–Trinajstić information content (AvgIpc) is 2.04. The van der Waals surface area contributed by atoms with E-state index in [1.54, 1.807) is 6.07 Å². The highest BCUT2D eigenvalue weighted by atomic mass is 19.1. The molecule has 1 radical (unpaired) electrons. The third-order valence-corrected chi connectivity index (χ3v) is 1.66. The maximum atomic E-state index is 12.4. The second-order valence-corrected chi connectivity index (χ2v) is 2.65. The fourth-order valence-electron chi connectivity index (χ4n) is 0.974. The molecule has 0 aromatic heterocycles. The molecule has 0 aliphatic heterocycles. The average molecular weight is 151 g/mol. The van der Waals surface area contributed by atoms with Gasteiger partial charge in [-0.05, 0) is 30.5 Å². The second-order valence-electron chi connectivity index (χ2n) is 2.65. The van der Waals surface area contributed by atoms with Crippen molar-refractivity contribution in [3.8, 4) is 0 Å². The summed E-state index contributed by atoms with van der Waals surface area (Å²) in [4.78, 5) is 0. The molecule has 0 atom stereocenters. The molecule has 0 spiro atoms. The maximum absolute atomic E-state index is 12.4. The van der Waals surface area contributed by atoms with Crippen molar-refractivity contribution in [3.05, 3.63) is 35.6 Å². The van der Waals surface area contributed by atoms with E-state index < -0.39 is 0 Å². The number of hydrogen-bond donors (Lipinski definition) is 0. The van der Waals surface area contributed by atoms with Crippen molar-refractivity contribution in [1.82, 2.24) is 0 Å². The standard InChI is InChI=1S/C10H12F/c1-2-3-4-9-5-7-10(11)8-6-9/h5-7H,2-4H2,1H3. The molecule has 1 aromatic rings.